The number of allylic oxidation sites excluding steroid dienone is 4. The van der Waals surface area contributed by atoms with Gasteiger partial charge in [0, 0.05) is 12.7 Å². The van der Waals surface area contributed by atoms with Gasteiger partial charge >= 0.3 is 68.7 Å². The van der Waals surface area contributed by atoms with E-state index in [1.165, 1.54) is 23.2 Å². The van der Waals surface area contributed by atoms with Gasteiger partial charge in [-0.1, -0.05) is 45.9 Å². The monoisotopic (exact) mass is 451 g/mol. The van der Waals surface area contributed by atoms with Gasteiger partial charge in [-0.25, -0.2) is 0 Å². The summed E-state index contributed by atoms with van der Waals surface area (Å²) in [5.41, 5.74) is 4.15. The van der Waals surface area contributed by atoms with Crippen LogP contribution in [0, 0.1) is 0 Å². The predicted octanol–water partition coefficient (Wildman–Crippen LogP) is 9.11. The molecule has 0 atom stereocenters. The third kappa shape index (κ3) is 8.78. The van der Waals surface area contributed by atoms with Gasteiger partial charge in [0.1, 0.15) is 0 Å². The summed E-state index contributed by atoms with van der Waals surface area (Å²) in [6.07, 6.45) is 7.98. The van der Waals surface area contributed by atoms with Gasteiger partial charge in [0.15, 0.2) is 0 Å². The molecule has 0 amide bonds. The van der Waals surface area contributed by atoms with Crippen molar-refractivity contribution < 1.29 is 14.0 Å². The molecule has 1 nitrogen and oxygen atoms in total. The van der Waals surface area contributed by atoms with Crippen molar-refractivity contribution in [3.8, 4) is 0 Å². The average Bonchev–Trinajstić information content (AvgIpc) is 3.00. The molecular weight excluding hydrogens is 409 g/mol. The predicted molar refractivity (Wildman–Crippen MR) is 130 cm³/mol. The Labute approximate surface area is 179 Å². The molecule has 158 valence electrons. The summed E-state index contributed by atoms with van der Waals surface area (Å²) in [6, 6.07) is 6.58. The van der Waals surface area contributed by atoms with E-state index in [0.29, 0.717) is 11.8 Å². The first-order chi connectivity index (χ1) is 11.2. The summed E-state index contributed by atoms with van der Waals surface area (Å²) >= 11 is -2.61. The van der Waals surface area contributed by atoms with Gasteiger partial charge in [0.25, 0.3) is 0 Å². The first kappa shape index (κ1) is 29.0. The zero-order chi connectivity index (χ0) is 19.5. The maximum absolute atomic E-state index is 3.33. The first-order valence-corrected chi connectivity index (χ1v) is 18.4. The summed E-state index contributed by atoms with van der Waals surface area (Å²) in [6.45, 7) is 8.95. The Kier molecular flexibility index (Phi) is 10.2. The number of rotatable bonds is 4. The Morgan fingerprint density at radius 1 is 0.852 bits per heavy atom. The Morgan fingerprint density at radius 2 is 1.30 bits per heavy atom. The number of para-hydroxylation sites is 1. The van der Waals surface area contributed by atoms with Gasteiger partial charge in [0.05, 0.1) is 0 Å². The van der Waals surface area contributed by atoms with Gasteiger partial charge in [-0.2, -0.15) is 0 Å². The van der Waals surface area contributed by atoms with E-state index in [0.717, 1.165) is 0 Å². The summed E-state index contributed by atoms with van der Waals surface area (Å²) < 4.78 is 1.70. The summed E-state index contributed by atoms with van der Waals surface area (Å²) in [7, 11) is 2.01. The molecule has 1 N–H and O–H groups in total. The van der Waals surface area contributed by atoms with E-state index in [-0.39, 0.29) is 24.8 Å². The van der Waals surface area contributed by atoms with Crippen LogP contribution in [0.25, 0.3) is 0 Å². The van der Waals surface area contributed by atoms with Crippen LogP contribution in [0.5, 0.6) is 0 Å². The summed E-state index contributed by atoms with van der Waals surface area (Å²) in [5.74, 6) is 1.16. The molecule has 1 aliphatic rings. The third-order valence-electron chi connectivity index (χ3n) is 5.00. The minimum atomic E-state index is -2.61. The minimum absolute atomic E-state index is 0. The fourth-order valence-corrected chi connectivity index (χ4v) is 6.44. The molecule has 4 heteroatoms. The molecule has 0 radical (unpaired) electrons. The number of halogens is 2. The van der Waals surface area contributed by atoms with E-state index in [1.54, 1.807) is 3.88 Å². The molecule has 1 aromatic carbocycles. The van der Waals surface area contributed by atoms with Gasteiger partial charge in [-0.05, 0) is 23.0 Å². The SMILES string of the molecule is CNc1c(C(C)C)cccc1C(C)C.Cl.Cl.[CH3][Ti]([CH3])([CH3])([CH3])([CH3])[C]1=CC=CC1. The second-order valence-corrected chi connectivity index (χ2v) is 32.5. The van der Waals surface area contributed by atoms with Crippen molar-refractivity contribution in [3.05, 3.63) is 51.4 Å². The summed E-state index contributed by atoms with van der Waals surface area (Å²) in [4.78, 5) is 0. The van der Waals surface area contributed by atoms with E-state index in [1.807, 2.05) is 7.05 Å². The normalized spacial score (nSPS) is 15.6. The van der Waals surface area contributed by atoms with Crippen LogP contribution < -0.4 is 5.32 Å². The second kappa shape index (κ2) is 9.53. The van der Waals surface area contributed by atoms with Crippen LogP contribution in [-0.2, 0) is 14.0 Å². The quantitative estimate of drug-likeness (QED) is 0.449. The van der Waals surface area contributed by atoms with Crippen LogP contribution in [-0.4, -0.2) is 7.05 Å². The van der Waals surface area contributed by atoms with Crippen molar-refractivity contribution >= 4 is 30.5 Å². The Hall–Kier alpha value is -0.206. The van der Waals surface area contributed by atoms with Crippen LogP contribution in [0.15, 0.2) is 40.3 Å². The van der Waals surface area contributed by atoms with Crippen LogP contribution in [0.3, 0.4) is 0 Å². The van der Waals surface area contributed by atoms with Gasteiger partial charge < -0.3 is 5.32 Å². The molecule has 0 aromatic heterocycles. The van der Waals surface area contributed by atoms with Gasteiger partial charge in [-0.3, -0.25) is 0 Å². The third-order valence-corrected chi connectivity index (χ3v) is 10.6. The topological polar surface area (TPSA) is 12.0 Å². The summed E-state index contributed by atoms with van der Waals surface area (Å²) in [5, 5.41) is 15.8. The van der Waals surface area contributed by atoms with Crippen molar-refractivity contribution in [2.24, 2.45) is 0 Å². The Morgan fingerprint density at radius 3 is 1.52 bits per heavy atom. The molecular formula is C23H43Cl2NTi. The second-order valence-electron chi connectivity index (χ2n) is 11.9. The van der Waals surface area contributed by atoms with E-state index in [9.17, 15) is 0 Å². The van der Waals surface area contributed by atoms with Crippen molar-refractivity contribution in [1.82, 2.24) is 0 Å². The van der Waals surface area contributed by atoms with E-state index < -0.39 is 14.0 Å². The number of anilines is 1. The van der Waals surface area contributed by atoms with Gasteiger partial charge in [0.2, 0.25) is 0 Å². The molecule has 0 fully saturated rings. The molecule has 0 saturated carbocycles. The number of hydrogen-bond donors (Lipinski definition) is 1. The van der Waals surface area contributed by atoms with Crippen molar-refractivity contribution in [3.63, 3.8) is 0 Å². The molecule has 1 aromatic rings. The Balaban J connectivity index is 0. The van der Waals surface area contributed by atoms with E-state index in [4.69, 9.17) is 0 Å². The fraction of sp³-hybridized carbons (Fsp3) is 0.565. The first-order valence-electron chi connectivity index (χ1n) is 9.85. The molecule has 2 rings (SSSR count). The zero-order valence-electron chi connectivity index (χ0n) is 19.1. The Bertz CT molecular complexity index is 639. The van der Waals surface area contributed by atoms with Crippen molar-refractivity contribution in [2.45, 2.75) is 72.1 Å². The maximum atomic E-state index is 3.33. The zero-order valence-corrected chi connectivity index (χ0v) is 22.3. The van der Waals surface area contributed by atoms with Crippen LogP contribution >= 0.6 is 24.8 Å². The van der Waals surface area contributed by atoms with Crippen molar-refractivity contribution in [1.29, 1.82) is 0 Å². The molecule has 0 unspecified atom stereocenters. The van der Waals surface area contributed by atoms with Crippen molar-refractivity contribution in [2.75, 3.05) is 12.4 Å². The average molecular weight is 452 g/mol. The van der Waals surface area contributed by atoms with Crippen LogP contribution in [0.4, 0.5) is 5.69 Å². The van der Waals surface area contributed by atoms with Crippen LogP contribution in [0.2, 0.25) is 26.1 Å². The molecule has 0 aliphatic heterocycles. The molecule has 0 heterocycles. The molecule has 0 saturated heterocycles. The fourth-order valence-electron chi connectivity index (χ4n) is 3.21. The van der Waals surface area contributed by atoms with Crippen LogP contribution in [0.1, 0.15) is 57.1 Å². The van der Waals surface area contributed by atoms with E-state index >= 15 is 0 Å². The van der Waals surface area contributed by atoms with Gasteiger partial charge in [-0.15, -0.1) is 24.8 Å². The number of benzene rings is 1. The molecule has 0 bridgehead atoms. The molecule has 0 spiro atoms. The number of hydrogen-bond acceptors (Lipinski definition) is 1. The molecule has 27 heavy (non-hydrogen) atoms. The standard InChI is InChI=1S/C13H21N.C5H5.5CH3.2ClH.Ti/c1-9(2)11-7-6-8-12(10(3)4)13(11)14-5;1-2-4-5-3-1;;;;;;;;/h6-10,14H,1-5H3;1-3H,4H2;5*1H3;2*1H;. The van der Waals surface area contributed by atoms with E-state index in [2.05, 4.69) is 95.6 Å². The number of nitrogens with one attached hydrogen (secondary N) is 1. The molecule has 1 aliphatic carbocycles.